The summed E-state index contributed by atoms with van der Waals surface area (Å²) in [5.41, 5.74) is 9.30. The number of benzene rings is 1. The highest BCUT2D eigenvalue weighted by Crippen LogP contribution is 2.32. The summed E-state index contributed by atoms with van der Waals surface area (Å²) < 4.78 is 5.38. The van der Waals surface area contributed by atoms with Crippen LogP contribution in [0.2, 0.25) is 0 Å². The molecule has 1 unspecified atom stereocenters. The first-order chi connectivity index (χ1) is 9.74. The fourth-order valence-electron chi connectivity index (χ4n) is 3.28. The lowest BCUT2D eigenvalue weighted by molar-refractivity contribution is -0.119. The van der Waals surface area contributed by atoms with Gasteiger partial charge in [0.25, 0.3) is 0 Å². The van der Waals surface area contributed by atoms with Crippen LogP contribution in [0.4, 0.5) is 0 Å². The Balaban J connectivity index is 1.76. The van der Waals surface area contributed by atoms with Gasteiger partial charge in [-0.05, 0) is 36.0 Å². The van der Waals surface area contributed by atoms with Crippen molar-refractivity contribution in [2.75, 3.05) is 26.3 Å². The van der Waals surface area contributed by atoms with Gasteiger partial charge < -0.3 is 10.5 Å². The summed E-state index contributed by atoms with van der Waals surface area (Å²) in [4.78, 5) is 13.9. The minimum atomic E-state index is -0.188. The van der Waals surface area contributed by atoms with E-state index in [1.165, 1.54) is 11.1 Å². The van der Waals surface area contributed by atoms with Gasteiger partial charge in [-0.25, -0.2) is 0 Å². The molecule has 1 aliphatic heterocycles. The van der Waals surface area contributed by atoms with E-state index < -0.39 is 0 Å². The van der Waals surface area contributed by atoms with E-state index in [9.17, 15) is 4.79 Å². The number of carbonyl (C=O) groups is 1. The molecule has 4 nitrogen and oxygen atoms in total. The third kappa shape index (κ3) is 2.86. The number of nitrogens with zero attached hydrogens (tertiary/aromatic N) is 1. The monoisotopic (exact) mass is 274 g/mol. The van der Waals surface area contributed by atoms with Crippen LogP contribution >= 0.6 is 0 Å². The Hall–Kier alpha value is -1.39. The Morgan fingerprint density at radius 1 is 1.35 bits per heavy atom. The number of hydrogen-bond acceptors (Lipinski definition) is 3. The van der Waals surface area contributed by atoms with E-state index in [2.05, 4.69) is 23.1 Å². The van der Waals surface area contributed by atoms with Crippen molar-refractivity contribution in [1.82, 2.24) is 4.90 Å². The van der Waals surface area contributed by atoms with E-state index in [-0.39, 0.29) is 11.8 Å². The zero-order valence-corrected chi connectivity index (χ0v) is 11.8. The smallest absolute Gasteiger partial charge is 0.224 e. The molecule has 1 heterocycles. The van der Waals surface area contributed by atoms with Gasteiger partial charge in [-0.15, -0.1) is 0 Å². The van der Waals surface area contributed by atoms with Crippen molar-refractivity contribution in [3.63, 3.8) is 0 Å². The van der Waals surface area contributed by atoms with Crippen molar-refractivity contribution in [1.29, 1.82) is 0 Å². The number of carbonyl (C=O) groups excluding carboxylic acids is 1. The molecule has 1 aromatic rings. The van der Waals surface area contributed by atoms with Gasteiger partial charge in [0, 0.05) is 19.6 Å². The van der Waals surface area contributed by atoms with Gasteiger partial charge in [0.1, 0.15) is 0 Å². The van der Waals surface area contributed by atoms with E-state index in [1.54, 1.807) is 0 Å². The van der Waals surface area contributed by atoms with Crippen molar-refractivity contribution in [3.05, 3.63) is 34.9 Å². The summed E-state index contributed by atoms with van der Waals surface area (Å²) in [6.45, 7) is 4.63. The number of ether oxygens (including phenoxy) is 1. The largest absolute Gasteiger partial charge is 0.379 e. The van der Waals surface area contributed by atoms with Gasteiger partial charge in [0.2, 0.25) is 5.91 Å². The van der Waals surface area contributed by atoms with Gasteiger partial charge in [-0.3, -0.25) is 9.69 Å². The molecule has 2 aliphatic rings. The lowest BCUT2D eigenvalue weighted by atomic mass is 9.81. The Morgan fingerprint density at radius 3 is 2.90 bits per heavy atom. The number of rotatable bonds is 3. The van der Waals surface area contributed by atoms with E-state index in [1.807, 2.05) is 0 Å². The van der Waals surface area contributed by atoms with Crippen LogP contribution in [-0.2, 0) is 22.5 Å². The Bertz CT molecular complexity index is 495. The first-order valence-corrected chi connectivity index (χ1v) is 7.45. The third-order valence-electron chi connectivity index (χ3n) is 4.38. The second kappa shape index (κ2) is 5.94. The lowest BCUT2D eigenvalue weighted by Gasteiger charge is -2.28. The summed E-state index contributed by atoms with van der Waals surface area (Å²) in [5.74, 6) is -0.275. The molecule has 0 spiro atoms. The summed E-state index contributed by atoms with van der Waals surface area (Å²) in [6.07, 6.45) is 3.02. The van der Waals surface area contributed by atoms with Crippen LogP contribution in [0.1, 0.15) is 35.4 Å². The summed E-state index contributed by atoms with van der Waals surface area (Å²) in [7, 11) is 0. The van der Waals surface area contributed by atoms with Crippen LogP contribution in [0.25, 0.3) is 0 Å². The quantitative estimate of drug-likeness (QED) is 0.907. The van der Waals surface area contributed by atoms with Crippen LogP contribution in [0, 0.1) is 0 Å². The molecule has 0 bridgehead atoms. The van der Waals surface area contributed by atoms with Crippen molar-refractivity contribution < 1.29 is 9.53 Å². The van der Waals surface area contributed by atoms with Crippen molar-refractivity contribution >= 4 is 5.91 Å². The molecule has 1 saturated heterocycles. The molecule has 1 aliphatic carbocycles. The van der Waals surface area contributed by atoms with E-state index in [4.69, 9.17) is 10.5 Å². The van der Waals surface area contributed by atoms with Crippen molar-refractivity contribution in [3.8, 4) is 0 Å². The molecule has 20 heavy (non-hydrogen) atoms. The zero-order chi connectivity index (χ0) is 13.9. The minimum absolute atomic E-state index is 0.0869. The first-order valence-electron chi connectivity index (χ1n) is 7.45. The molecule has 108 valence electrons. The van der Waals surface area contributed by atoms with Crippen LogP contribution in [-0.4, -0.2) is 37.1 Å². The van der Waals surface area contributed by atoms with Crippen LogP contribution in [0.3, 0.4) is 0 Å². The zero-order valence-electron chi connectivity index (χ0n) is 11.8. The maximum atomic E-state index is 11.5. The predicted octanol–water partition coefficient (Wildman–Crippen LogP) is 1.42. The van der Waals surface area contributed by atoms with Gasteiger partial charge in [0.05, 0.1) is 19.1 Å². The van der Waals surface area contributed by atoms with Gasteiger partial charge in [0.15, 0.2) is 0 Å². The molecule has 1 atom stereocenters. The molecular formula is C16H22N2O2. The molecule has 1 amide bonds. The van der Waals surface area contributed by atoms with Crippen LogP contribution in [0.5, 0.6) is 0 Å². The van der Waals surface area contributed by atoms with E-state index in [0.29, 0.717) is 0 Å². The number of primary amides is 1. The number of morpholine rings is 1. The molecule has 0 saturated carbocycles. The second-order valence-corrected chi connectivity index (χ2v) is 5.77. The lowest BCUT2D eigenvalue weighted by Crippen LogP contribution is -2.35. The fourth-order valence-corrected chi connectivity index (χ4v) is 3.28. The molecule has 4 heteroatoms. The standard InChI is InChI=1S/C16H22N2O2/c17-16(19)15-3-1-2-13-10-12(4-5-14(13)15)11-18-6-8-20-9-7-18/h4-5,10,15H,1-3,6-9,11H2,(H2,17,19). The average Bonchev–Trinajstić information content (AvgIpc) is 2.47. The highest BCUT2D eigenvalue weighted by Gasteiger charge is 2.24. The van der Waals surface area contributed by atoms with Crippen molar-refractivity contribution in [2.45, 2.75) is 31.7 Å². The van der Waals surface area contributed by atoms with E-state index >= 15 is 0 Å². The Kier molecular flexibility index (Phi) is 4.03. The van der Waals surface area contributed by atoms with Gasteiger partial charge in [-0.2, -0.15) is 0 Å². The summed E-state index contributed by atoms with van der Waals surface area (Å²) in [5, 5.41) is 0. The summed E-state index contributed by atoms with van der Waals surface area (Å²) >= 11 is 0. The van der Waals surface area contributed by atoms with Crippen molar-refractivity contribution in [2.24, 2.45) is 5.73 Å². The summed E-state index contributed by atoms with van der Waals surface area (Å²) in [6, 6.07) is 6.52. The van der Waals surface area contributed by atoms with Gasteiger partial charge >= 0.3 is 0 Å². The molecule has 0 radical (unpaired) electrons. The molecule has 1 aromatic carbocycles. The number of nitrogens with two attached hydrogens (primary N) is 1. The SMILES string of the molecule is NC(=O)C1CCCc2cc(CN3CCOCC3)ccc21. The van der Waals surface area contributed by atoms with E-state index in [0.717, 1.165) is 57.7 Å². The topological polar surface area (TPSA) is 55.6 Å². The predicted molar refractivity (Wildman–Crippen MR) is 77.4 cm³/mol. The first kappa shape index (κ1) is 13.6. The molecule has 3 rings (SSSR count). The number of aryl methyl sites for hydroxylation is 1. The average molecular weight is 274 g/mol. The fraction of sp³-hybridized carbons (Fsp3) is 0.562. The number of hydrogen-bond donors (Lipinski definition) is 1. The molecule has 0 aromatic heterocycles. The van der Waals surface area contributed by atoms with Crippen LogP contribution in [0.15, 0.2) is 18.2 Å². The number of amides is 1. The Morgan fingerprint density at radius 2 is 2.15 bits per heavy atom. The normalized spacial score (nSPS) is 23.3. The highest BCUT2D eigenvalue weighted by atomic mass is 16.5. The Labute approximate surface area is 119 Å². The highest BCUT2D eigenvalue weighted by molar-refractivity contribution is 5.82. The molecular weight excluding hydrogens is 252 g/mol. The van der Waals surface area contributed by atoms with Crippen LogP contribution < -0.4 is 5.73 Å². The van der Waals surface area contributed by atoms with Gasteiger partial charge in [-0.1, -0.05) is 18.2 Å². The maximum absolute atomic E-state index is 11.5. The minimum Gasteiger partial charge on any atom is -0.379 e. The third-order valence-corrected chi connectivity index (χ3v) is 4.38. The molecule has 1 fully saturated rings. The maximum Gasteiger partial charge on any atom is 0.224 e. The molecule has 2 N–H and O–H groups in total. The second-order valence-electron chi connectivity index (χ2n) is 5.77. The number of fused-ring (bicyclic) bond motifs is 1.